The molecule has 0 aromatic heterocycles. The van der Waals surface area contributed by atoms with E-state index in [0.29, 0.717) is 10.7 Å². The summed E-state index contributed by atoms with van der Waals surface area (Å²) in [4.78, 5) is 24.4. The third kappa shape index (κ3) is 4.44. The fraction of sp³-hybridized carbons (Fsp3) is 0.385. The summed E-state index contributed by atoms with van der Waals surface area (Å²) in [6, 6.07) is 4.51. The van der Waals surface area contributed by atoms with Crippen molar-refractivity contribution in [3.05, 3.63) is 28.8 Å². The minimum absolute atomic E-state index is 0.0409. The number of halogens is 1. The highest BCUT2D eigenvalue weighted by molar-refractivity contribution is 6.31. The van der Waals surface area contributed by atoms with E-state index in [1.165, 1.54) is 18.2 Å². The summed E-state index contributed by atoms with van der Waals surface area (Å²) >= 11 is 5.87. The summed E-state index contributed by atoms with van der Waals surface area (Å²) < 4.78 is 0. The lowest BCUT2D eigenvalue weighted by molar-refractivity contribution is -0.120. The monoisotopic (exact) mass is 284 g/mol. The molecule has 1 rings (SSSR count). The number of hydrogen-bond donors (Lipinski definition) is 2. The average Bonchev–Trinajstić information content (AvgIpc) is 2.26. The number of hydrogen-bond acceptors (Lipinski definition) is 3. The van der Waals surface area contributed by atoms with Gasteiger partial charge in [-0.05, 0) is 32.0 Å². The zero-order valence-corrected chi connectivity index (χ0v) is 11.9. The van der Waals surface area contributed by atoms with Crippen LogP contribution in [0.4, 0.5) is 5.69 Å². The molecule has 0 unspecified atom stereocenters. The Kier molecular flexibility index (Phi) is 5.18. The minimum atomic E-state index is -1.05. The highest BCUT2D eigenvalue weighted by Gasteiger charge is 2.16. The SMILES string of the molecule is CC(C)NC(=O)CN(C)c1cc(Cl)ccc1C(=O)O. The van der Waals surface area contributed by atoms with Gasteiger partial charge in [0.15, 0.2) is 0 Å². The number of benzene rings is 1. The molecule has 0 bridgehead atoms. The zero-order valence-electron chi connectivity index (χ0n) is 11.1. The quantitative estimate of drug-likeness (QED) is 0.868. The van der Waals surface area contributed by atoms with Crippen molar-refractivity contribution in [2.75, 3.05) is 18.5 Å². The van der Waals surface area contributed by atoms with E-state index in [4.69, 9.17) is 16.7 Å². The normalized spacial score (nSPS) is 10.4. The molecule has 0 heterocycles. The maximum absolute atomic E-state index is 11.7. The second-order valence-electron chi connectivity index (χ2n) is 4.54. The number of anilines is 1. The highest BCUT2D eigenvalue weighted by atomic mass is 35.5. The maximum atomic E-state index is 11.7. The molecule has 1 amide bonds. The number of carbonyl (C=O) groups excluding carboxylic acids is 1. The fourth-order valence-electron chi connectivity index (χ4n) is 1.67. The molecule has 0 saturated heterocycles. The van der Waals surface area contributed by atoms with Crippen molar-refractivity contribution in [3.63, 3.8) is 0 Å². The Labute approximate surface area is 117 Å². The molecule has 2 N–H and O–H groups in total. The van der Waals surface area contributed by atoms with Crippen molar-refractivity contribution in [2.24, 2.45) is 0 Å². The van der Waals surface area contributed by atoms with Crippen molar-refractivity contribution in [1.82, 2.24) is 5.32 Å². The summed E-state index contributed by atoms with van der Waals surface area (Å²) in [5, 5.41) is 12.3. The Morgan fingerprint density at radius 1 is 1.42 bits per heavy atom. The predicted octanol–water partition coefficient (Wildman–Crippen LogP) is 2.00. The molecule has 0 spiro atoms. The van der Waals surface area contributed by atoms with E-state index in [0.717, 1.165) is 0 Å². The van der Waals surface area contributed by atoms with Gasteiger partial charge < -0.3 is 15.3 Å². The van der Waals surface area contributed by atoms with Crippen molar-refractivity contribution in [1.29, 1.82) is 0 Å². The van der Waals surface area contributed by atoms with Crippen molar-refractivity contribution in [3.8, 4) is 0 Å². The Bertz CT molecular complexity index is 489. The van der Waals surface area contributed by atoms with Crippen LogP contribution in [-0.2, 0) is 4.79 Å². The van der Waals surface area contributed by atoms with Gasteiger partial charge in [0.1, 0.15) is 0 Å². The van der Waals surface area contributed by atoms with Gasteiger partial charge in [-0.1, -0.05) is 11.6 Å². The van der Waals surface area contributed by atoms with E-state index in [-0.39, 0.29) is 24.1 Å². The summed E-state index contributed by atoms with van der Waals surface area (Å²) in [6.45, 7) is 3.79. The van der Waals surface area contributed by atoms with Gasteiger partial charge in [0, 0.05) is 18.1 Å². The maximum Gasteiger partial charge on any atom is 0.337 e. The Morgan fingerprint density at radius 3 is 2.58 bits per heavy atom. The van der Waals surface area contributed by atoms with Gasteiger partial charge in [0.05, 0.1) is 17.8 Å². The van der Waals surface area contributed by atoms with E-state index in [1.54, 1.807) is 11.9 Å². The summed E-state index contributed by atoms with van der Waals surface area (Å²) in [5.41, 5.74) is 0.531. The smallest absolute Gasteiger partial charge is 0.337 e. The Hall–Kier alpha value is -1.75. The predicted molar refractivity (Wildman–Crippen MR) is 75.0 cm³/mol. The summed E-state index contributed by atoms with van der Waals surface area (Å²) in [5.74, 6) is -1.23. The van der Waals surface area contributed by atoms with E-state index in [2.05, 4.69) is 5.32 Å². The number of rotatable bonds is 5. The van der Waals surface area contributed by atoms with E-state index >= 15 is 0 Å². The molecule has 0 aliphatic rings. The third-order valence-electron chi connectivity index (χ3n) is 2.43. The van der Waals surface area contributed by atoms with Gasteiger partial charge in [-0.3, -0.25) is 4.79 Å². The molecule has 0 atom stereocenters. The van der Waals surface area contributed by atoms with Gasteiger partial charge in [-0.2, -0.15) is 0 Å². The first-order valence-corrected chi connectivity index (χ1v) is 6.22. The molecular formula is C13H17ClN2O3. The second-order valence-corrected chi connectivity index (χ2v) is 4.98. The number of carboxylic acid groups (broad SMARTS) is 1. The van der Waals surface area contributed by atoms with Gasteiger partial charge in [-0.25, -0.2) is 4.79 Å². The van der Waals surface area contributed by atoms with Crippen LogP contribution in [-0.4, -0.2) is 36.6 Å². The molecule has 5 nitrogen and oxygen atoms in total. The zero-order chi connectivity index (χ0) is 14.6. The topological polar surface area (TPSA) is 69.6 Å². The van der Waals surface area contributed by atoms with Crippen molar-refractivity contribution < 1.29 is 14.7 Å². The number of nitrogens with zero attached hydrogens (tertiary/aromatic N) is 1. The van der Waals surface area contributed by atoms with Crippen LogP contribution in [0.15, 0.2) is 18.2 Å². The molecular weight excluding hydrogens is 268 g/mol. The van der Waals surface area contributed by atoms with Gasteiger partial charge in [-0.15, -0.1) is 0 Å². The highest BCUT2D eigenvalue weighted by Crippen LogP contribution is 2.24. The van der Waals surface area contributed by atoms with E-state index < -0.39 is 5.97 Å². The van der Waals surface area contributed by atoms with Gasteiger partial charge >= 0.3 is 5.97 Å². The van der Waals surface area contributed by atoms with Crippen LogP contribution in [0.25, 0.3) is 0 Å². The molecule has 104 valence electrons. The fourth-order valence-corrected chi connectivity index (χ4v) is 1.84. The van der Waals surface area contributed by atoms with Crippen LogP contribution in [0.2, 0.25) is 5.02 Å². The first-order chi connectivity index (χ1) is 8.81. The first-order valence-electron chi connectivity index (χ1n) is 5.84. The van der Waals surface area contributed by atoms with Crippen LogP contribution in [0, 0.1) is 0 Å². The standard InChI is InChI=1S/C13H17ClN2O3/c1-8(2)15-12(17)7-16(3)11-6-9(14)4-5-10(11)13(18)19/h4-6,8H,7H2,1-3H3,(H,15,17)(H,18,19). The molecule has 0 saturated carbocycles. The van der Waals surface area contributed by atoms with Gasteiger partial charge in [0.25, 0.3) is 0 Å². The number of aromatic carboxylic acids is 1. The Morgan fingerprint density at radius 2 is 2.05 bits per heavy atom. The van der Waals surface area contributed by atoms with Crippen molar-refractivity contribution in [2.45, 2.75) is 19.9 Å². The molecule has 0 aliphatic heterocycles. The molecule has 0 aliphatic carbocycles. The summed E-state index contributed by atoms with van der Waals surface area (Å²) in [7, 11) is 1.65. The van der Waals surface area contributed by atoms with E-state index in [1.807, 2.05) is 13.8 Å². The van der Waals surface area contributed by atoms with Crippen LogP contribution in [0.1, 0.15) is 24.2 Å². The third-order valence-corrected chi connectivity index (χ3v) is 2.67. The second kappa shape index (κ2) is 6.43. The number of nitrogens with one attached hydrogen (secondary N) is 1. The Balaban J connectivity index is 2.92. The van der Waals surface area contributed by atoms with Crippen LogP contribution >= 0.6 is 11.6 Å². The van der Waals surface area contributed by atoms with E-state index in [9.17, 15) is 9.59 Å². The lowest BCUT2D eigenvalue weighted by Gasteiger charge is -2.21. The summed E-state index contributed by atoms with van der Waals surface area (Å²) in [6.07, 6.45) is 0. The average molecular weight is 285 g/mol. The van der Waals surface area contributed by atoms with Crippen LogP contribution < -0.4 is 10.2 Å². The lowest BCUT2D eigenvalue weighted by atomic mass is 10.1. The molecule has 6 heteroatoms. The molecule has 0 fully saturated rings. The van der Waals surface area contributed by atoms with Crippen LogP contribution in [0.5, 0.6) is 0 Å². The molecule has 0 radical (unpaired) electrons. The molecule has 19 heavy (non-hydrogen) atoms. The van der Waals surface area contributed by atoms with Crippen molar-refractivity contribution >= 4 is 29.2 Å². The van der Waals surface area contributed by atoms with Gasteiger partial charge in [0.2, 0.25) is 5.91 Å². The number of carbonyl (C=O) groups is 2. The minimum Gasteiger partial charge on any atom is -0.478 e. The largest absolute Gasteiger partial charge is 0.478 e. The first kappa shape index (κ1) is 15.3. The number of amides is 1. The molecule has 1 aromatic carbocycles. The number of carboxylic acids is 1. The molecule has 1 aromatic rings. The number of likely N-dealkylation sites (N-methyl/N-ethyl adjacent to an activating group) is 1. The lowest BCUT2D eigenvalue weighted by Crippen LogP contribution is -2.39. The van der Waals surface area contributed by atoms with Crippen LogP contribution in [0.3, 0.4) is 0 Å².